The third kappa shape index (κ3) is 2.23. The summed E-state index contributed by atoms with van der Waals surface area (Å²) in [5.41, 5.74) is 0. The Bertz CT molecular complexity index is 404. The minimum absolute atomic E-state index is 0.205. The molecule has 0 saturated carbocycles. The number of hydrogen-bond acceptors (Lipinski definition) is 3. The van der Waals surface area contributed by atoms with Gasteiger partial charge in [-0.1, -0.05) is 6.58 Å². The molecule has 0 atom stereocenters. The van der Waals surface area contributed by atoms with Gasteiger partial charge in [0.2, 0.25) is 0 Å². The van der Waals surface area contributed by atoms with E-state index >= 15 is 0 Å². The van der Waals surface area contributed by atoms with E-state index in [4.69, 9.17) is 0 Å². The molecular weight excluding hydrogens is 200 g/mol. The van der Waals surface area contributed by atoms with Crippen LogP contribution < -0.4 is 0 Å². The quantitative estimate of drug-likeness (QED) is 0.757. The van der Waals surface area contributed by atoms with E-state index in [-0.39, 0.29) is 11.4 Å². The van der Waals surface area contributed by atoms with Gasteiger partial charge in [-0.15, -0.1) is 0 Å². The van der Waals surface area contributed by atoms with Crippen molar-refractivity contribution >= 4 is 9.84 Å². The SMILES string of the molecule is C=C(Cn1cccn1)S(=O)(=O)C(C)C. The molecule has 1 rings (SSSR count). The largest absolute Gasteiger partial charge is 0.268 e. The molecular formula is C9H14N2O2S. The van der Waals surface area contributed by atoms with Gasteiger partial charge in [0.05, 0.1) is 16.7 Å². The smallest absolute Gasteiger partial charge is 0.178 e. The Hall–Kier alpha value is -1.10. The highest BCUT2D eigenvalue weighted by atomic mass is 32.2. The number of rotatable bonds is 4. The maximum Gasteiger partial charge on any atom is 0.178 e. The zero-order chi connectivity index (χ0) is 10.8. The minimum atomic E-state index is -3.21. The van der Waals surface area contributed by atoms with Crippen molar-refractivity contribution in [2.45, 2.75) is 25.6 Å². The van der Waals surface area contributed by atoms with E-state index in [1.54, 1.807) is 37.0 Å². The molecule has 0 spiro atoms. The maximum absolute atomic E-state index is 11.6. The van der Waals surface area contributed by atoms with Crippen LogP contribution >= 0.6 is 0 Å². The van der Waals surface area contributed by atoms with E-state index in [0.717, 1.165) is 0 Å². The van der Waals surface area contributed by atoms with Crippen molar-refractivity contribution in [1.82, 2.24) is 9.78 Å². The highest BCUT2D eigenvalue weighted by Gasteiger charge is 2.20. The average Bonchev–Trinajstić information content (AvgIpc) is 2.56. The topological polar surface area (TPSA) is 52.0 Å². The third-order valence-corrected chi connectivity index (χ3v) is 4.10. The van der Waals surface area contributed by atoms with Crippen LogP contribution in [0.5, 0.6) is 0 Å². The Balaban J connectivity index is 2.78. The van der Waals surface area contributed by atoms with Gasteiger partial charge < -0.3 is 0 Å². The summed E-state index contributed by atoms with van der Waals surface area (Å²) in [5.74, 6) is 0. The van der Waals surface area contributed by atoms with E-state index in [1.165, 1.54) is 0 Å². The monoisotopic (exact) mass is 214 g/mol. The normalized spacial score (nSPS) is 11.9. The Labute approximate surface area is 84.2 Å². The number of hydrogen-bond donors (Lipinski definition) is 0. The lowest BCUT2D eigenvalue weighted by Crippen LogP contribution is -2.18. The molecule has 0 N–H and O–H groups in total. The van der Waals surface area contributed by atoms with Crippen LogP contribution in [0.3, 0.4) is 0 Å². The molecule has 0 aliphatic rings. The molecule has 78 valence electrons. The molecule has 0 aliphatic carbocycles. The van der Waals surface area contributed by atoms with Gasteiger partial charge in [-0.25, -0.2) is 8.42 Å². The van der Waals surface area contributed by atoms with Crippen LogP contribution in [-0.2, 0) is 16.4 Å². The van der Waals surface area contributed by atoms with Gasteiger partial charge in [-0.2, -0.15) is 5.10 Å². The van der Waals surface area contributed by atoms with Crippen molar-refractivity contribution in [3.05, 3.63) is 29.9 Å². The van der Waals surface area contributed by atoms with Crippen molar-refractivity contribution < 1.29 is 8.42 Å². The van der Waals surface area contributed by atoms with Gasteiger partial charge in [-0.3, -0.25) is 4.68 Å². The van der Waals surface area contributed by atoms with Gasteiger partial charge in [0, 0.05) is 12.4 Å². The van der Waals surface area contributed by atoms with Crippen LogP contribution in [0.15, 0.2) is 29.9 Å². The highest BCUT2D eigenvalue weighted by Crippen LogP contribution is 2.12. The van der Waals surface area contributed by atoms with Gasteiger partial charge in [0.15, 0.2) is 9.84 Å². The highest BCUT2D eigenvalue weighted by molar-refractivity contribution is 7.95. The maximum atomic E-state index is 11.6. The Morgan fingerprint density at radius 3 is 2.64 bits per heavy atom. The van der Waals surface area contributed by atoms with Crippen LogP contribution in [-0.4, -0.2) is 23.4 Å². The number of allylic oxidation sites excluding steroid dienone is 1. The molecule has 0 radical (unpaired) electrons. The average molecular weight is 214 g/mol. The predicted octanol–water partition coefficient (Wildman–Crippen LogP) is 1.22. The van der Waals surface area contributed by atoms with Gasteiger partial charge in [0.1, 0.15) is 0 Å². The van der Waals surface area contributed by atoms with Crippen LogP contribution in [0.25, 0.3) is 0 Å². The first-order valence-corrected chi connectivity index (χ1v) is 5.88. The molecule has 5 heteroatoms. The lowest BCUT2D eigenvalue weighted by atomic mass is 10.6. The molecule has 1 aromatic heterocycles. The van der Waals surface area contributed by atoms with E-state index in [2.05, 4.69) is 11.7 Å². The van der Waals surface area contributed by atoms with Crippen molar-refractivity contribution in [3.8, 4) is 0 Å². The summed E-state index contributed by atoms with van der Waals surface area (Å²) in [6.07, 6.45) is 3.32. The van der Waals surface area contributed by atoms with Crippen molar-refractivity contribution in [1.29, 1.82) is 0 Å². The van der Waals surface area contributed by atoms with Crippen molar-refractivity contribution in [2.75, 3.05) is 0 Å². The third-order valence-electron chi connectivity index (χ3n) is 1.92. The molecule has 0 fully saturated rings. The fraction of sp³-hybridized carbons (Fsp3) is 0.444. The van der Waals surface area contributed by atoms with Gasteiger partial charge >= 0.3 is 0 Å². The van der Waals surface area contributed by atoms with E-state index in [0.29, 0.717) is 0 Å². The number of nitrogens with zero attached hydrogens (tertiary/aromatic N) is 2. The Morgan fingerprint density at radius 2 is 2.21 bits per heavy atom. The minimum Gasteiger partial charge on any atom is -0.268 e. The van der Waals surface area contributed by atoms with Crippen LogP contribution in [0, 0.1) is 0 Å². The van der Waals surface area contributed by atoms with E-state index in [9.17, 15) is 8.42 Å². The van der Waals surface area contributed by atoms with Crippen LogP contribution in [0.1, 0.15) is 13.8 Å². The fourth-order valence-corrected chi connectivity index (χ4v) is 1.98. The first-order chi connectivity index (χ1) is 6.44. The molecule has 4 nitrogen and oxygen atoms in total. The van der Waals surface area contributed by atoms with Gasteiger partial charge in [0.25, 0.3) is 0 Å². The van der Waals surface area contributed by atoms with Crippen LogP contribution in [0.2, 0.25) is 0 Å². The van der Waals surface area contributed by atoms with Gasteiger partial charge in [-0.05, 0) is 19.9 Å². The standard InChI is InChI=1S/C9H14N2O2S/c1-8(2)14(12,13)9(3)7-11-6-4-5-10-11/h4-6,8H,3,7H2,1-2H3. The lowest BCUT2D eigenvalue weighted by Gasteiger charge is -2.10. The Kier molecular flexibility index (Phi) is 3.10. The first-order valence-electron chi connectivity index (χ1n) is 4.33. The second-order valence-electron chi connectivity index (χ2n) is 3.34. The molecule has 0 bridgehead atoms. The fourth-order valence-electron chi connectivity index (χ4n) is 0.998. The number of sulfone groups is 1. The molecule has 0 aromatic carbocycles. The zero-order valence-electron chi connectivity index (χ0n) is 8.34. The summed E-state index contributed by atoms with van der Waals surface area (Å²) in [4.78, 5) is 0.205. The second kappa shape index (κ2) is 3.96. The predicted molar refractivity (Wildman–Crippen MR) is 55.4 cm³/mol. The molecule has 0 amide bonds. The summed E-state index contributed by atoms with van der Waals surface area (Å²) >= 11 is 0. The molecule has 0 aliphatic heterocycles. The summed E-state index contributed by atoms with van der Waals surface area (Å²) in [6.45, 7) is 7.09. The van der Waals surface area contributed by atoms with Crippen molar-refractivity contribution in [3.63, 3.8) is 0 Å². The lowest BCUT2D eigenvalue weighted by molar-refractivity contribution is 0.586. The van der Waals surface area contributed by atoms with E-state index < -0.39 is 15.1 Å². The first kappa shape index (κ1) is 11.0. The molecule has 14 heavy (non-hydrogen) atoms. The summed E-state index contributed by atoms with van der Waals surface area (Å²) in [6, 6.07) is 1.75. The van der Waals surface area contributed by atoms with Crippen molar-refractivity contribution in [2.24, 2.45) is 0 Å². The summed E-state index contributed by atoms with van der Waals surface area (Å²) in [5, 5.41) is 3.50. The molecule has 0 unspecified atom stereocenters. The molecule has 0 saturated heterocycles. The molecule has 1 aromatic rings. The summed E-state index contributed by atoms with van der Waals surface area (Å²) < 4.78 is 24.8. The van der Waals surface area contributed by atoms with Crippen LogP contribution in [0.4, 0.5) is 0 Å². The van der Waals surface area contributed by atoms with E-state index in [1.807, 2.05) is 0 Å². The second-order valence-corrected chi connectivity index (χ2v) is 5.95. The Morgan fingerprint density at radius 1 is 1.57 bits per heavy atom. The molecule has 1 heterocycles. The summed E-state index contributed by atoms with van der Waals surface area (Å²) in [7, 11) is -3.21. The number of aromatic nitrogens is 2. The zero-order valence-corrected chi connectivity index (χ0v) is 9.16.